The van der Waals surface area contributed by atoms with E-state index < -0.39 is 5.91 Å². The van der Waals surface area contributed by atoms with Gasteiger partial charge in [0.2, 0.25) is 0 Å². The molecule has 1 aromatic carbocycles. The van der Waals surface area contributed by atoms with Crippen molar-refractivity contribution in [3.8, 4) is 17.6 Å². The number of rotatable bonds is 4. The van der Waals surface area contributed by atoms with Crippen molar-refractivity contribution < 1.29 is 14.6 Å². The molecule has 0 aliphatic heterocycles. The van der Waals surface area contributed by atoms with Crippen molar-refractivity contribution in [2.45, 2.75) is 19.9 Å². The molecule has 0 atom stereocenters. The molecule has 0 radical (unpaired) electrons. The molecule has 0 spiro atoms. The molecule has 1 amide bonds. The lowest BCUT2D eigenvalue weighted by atomic mass is 10.1. The molecule has 0 aliphatic carbocycles. The summed E-state index contributed by atoms with van der Waals surface area (Å²) in [6, 6.07) is 4.79. The predicted octanol–water partition coefficient (Wildman–Crippen LogP) is 2.59. The number of hydrogen-bond donors (Lipinski definition) is 2. The molecule has 0 bridgehead atoms. The van der Waals surface area contributed by atoms with E-state index in [4.69, 9.17) is 10.00 Å². The summed E-state index contributed by atoms with van der Waals surface area (Å²) in [6.45, 7) is 3.62. The Hall–Kier alpha value is -2.00. The van der Waals surface area contributed by atoms with Crippen molar-refractivity contribution in [1.82, 2.24) is 5.32 Å². The number of methoxy groups -OCH3 is 1. The zero-order chi connectivity index (χ0) is 15.3. The van der Waals surface area contributed by atoms with Gasteiger partial charge >= 0.3 is 0 Å². The minimum absolute atomic E-state index is 0.0212. The average Bonchev–Trinajstić information content (AvgIpc) is 2.36. The van der Waals surface area contributed by atoms with Crippen LogP contribution in [0.3, 0.4) is 0 Å². The quantitative estimate of drug-likeness (QED) is 0.653. The van der Waals surface area contributed by atoms with Gasteiger partial charge in [-0.2, -0.15) is 5.26 Å². The van der Waals surface area contributed by atoms with Crippen LogP contribution in [-0.2, 0) is 4.79 Å². The van der Waals surface area contributed by atoms with E-state index >= 15 is 0 Å². The highest BCUT2D eigenvalue weighted by atomic mass is 79.9. The first-order valence-electron chi connectivity index (χ1n) is 5.88. The number of amides is 1. The molecule has 1 aromatic rings. The van der Waals surface area contributed by atoms with Gasteiger partial charge < -0.3 is 15.2 Å². The number of carbonyl (C=O) groups is 1. The van der Waals surface area contributed by atoms with Crippen LogP contribution in [0.2, 0.25) is 0 Å². The van der Waals surface area contributed by atoms with Gasteiger partial charge in [0.05, 0.1) is 7.11 Å². The predicted molar refractivity (Wildman–Crippen MR) is 79.2 cm³/mol. The summed E-state index contributed by atoms with van der Waals surface area (Å²) in [7, 11) is 1.42. The van der Waals surface area contributed by atoms with E-state index in [0.717, 1.165) is 0 Å². The Kier molecular flexibility index (Phi) is 5.59. The Bertz CT molecular complexity index is 589. The van der Waals surface area contributed by atoms with Crippen molar-refractivity contribution in [3.63, 3.8) is 0 Å². The molecule has 1 rings (SSSR count). The number of aromatic hydroxyl groups is 1. The summed E-state index contributed by atoms with van der Waals surface area (Å²) in [6.07, 6.45) is 1.43. The van der Waals surface area contributed by atoms with E-state index in [0.29, 0.717) is 10.0 Å². The van der Waals surface area contributed by atoms with E-state index in [1.165, 1.54) is 19.3 Å². The number of carbonyl (C=O) groups excluding carboxylic acids is 1. The van der Waals surface area contributed by atoms with Gasteiger partial charge in [0.15, 0.2) is 11.5 Å². The minimum Gasteiger partial charge on any atom is -0.504 e. The molecule has 0 unspecified atom stereocenters. The summed E-state index contributed by atoms with van der Waals surface area (Å²) in [4.78, 5) is 11.8. The normalized spacial score (nSPS) is 11.1. The number of hydrogen-bond acceptors (Lipinski definition) is 4. The summed E-state index contributed by atoms with van der Waals surface area (Å²) in [5.41, 5.74) is 0.544. The van der Waals surface area contributed by atoms with Crippen molar-refractivity contribution in [2.24, 2.45) is 0 Å². The number of halogens is 1. The fraction of sp³-hybridized carbons (Fsp3) is 0.286. The molecular formula is C14H15BrN2O3. The largest absolute Gasteiger partial charge is 0.504 e. The minimum atomic E-state index is -0.443. The third-order valence-electron chi connectivity index (χ3n) is 2.38. The molecule has 106 valence electrons. The molecule has 0 saturated carbocycles. The van der Waals surface area contributed by atoms with Gasteiger partial charge in [-0.15, -0.1) is 0 Å². The van der Waals surface area contributed by atoms with Gasteiger partial charge in [-0.1, -0.05) is 15.9 Å². The van der Waals surface area contributed by atoms with Crippen molar-refractivity contribution in [3.05, 3.63) is 27.7 Å². The molecule has 0 saturated heterocycles. The molecular weight excluding hydrogens is 324 g/mol. The maximum atomic E-state index is 11.8. The number of nitrogens with zero attached hydrogens (tertiary/aromatic N) is 1. The van der Waals surface area contributed by atoms with Crippen LogP contribution >= 0.6 is 15.9 Å². The maximum absolute atomic E-state index is 11.8. The number of benzene rings is 1. The van der Waals surface area contributed by atoms with Crippen LogP contribution in [0.15, 0.2) is 22.2 Å². The average molecular weight is 339 g/mol. The number of ether oxygens (including phenoxy) is 1. The number of phenols is 1. The number of nitrogens with one attached hydrogen (secondary N) is 1. The van der Waals surface area contributed by atoms with Gasteiger partial charge in [-0.3, -0.25) is 4.79 Å². The van der Waals surface area contributed by atoms with Crippen LogP contribution in [0.25, 0.3) is 6.08 Å². The maximum Gasteiger partial charge on any atom is 0.262 e. The zero-order valence-electron chi connectivity index (χ0n) is 11.4. The molecule has 0 heterocycles. The Morgan fingerprint density at radius 3 is 2.70 bits per heavy atom. The van der Waals surface area contributed by atoms with Gasteiger partial charge in [0.1, 0.15) is 11.6 Å². The lowest BCUT2D eigenvalue weighted by molar-refractivity contribution is -0.117. The SMILES string of the molecule is COc1cc(/C=C(\C#N)C(=O)NC(C)C)c(Br)cc1O. The van der Waals surface area contributed by atoms with E-state index in [1.54, 1.807) is 6.07 Å². The van der Waals surface area contributed by atoms with Crippen molar-refractivity contribution in [1.29, 1.82) is 5.26 Å². The number of phenolic OH excluding ortho intramolecular Hbond substituents is 1. The Labute approximate surface area is 126 Å². The number of nitriles is 1. The van der Waals surface area contributed by atoms with E-state index in [-0.39, 0.29) is 23.1 Å². The smallest absolute Gasteiger partial charge is 0.262 e. The first-order chi connectivity index (χ1) is 9.38. The summed E-state index contributed by atoms with van der Waals surface area (Å²) in [5, 5.41) is 21.3. The molecule has 0 aromatic heterocycles. The summed E-state index contributed by atoms with van der Waals surface area (Å²) < 4.78 is 5.55. The highest BCUT2D eigenvalue weighted by Crippen LogP contribution is 2.33. The Morgan fingerprint density at radius 1 is 1.55 bits per heavy atom. The highest BCUT2D eigenvalue weighted by molar-refractivity contribution is 9.10. The molecule has 5 nitrogen and oxygen atoms in total. The van der Waals surface area contributed by atoms with Crippen LogP contribution in [0.4, 0.5) is 0 Å². The van der Waals surface area contributed by atoms with E-state index in [9.17, 15) is 9.90 Å². The van der Waals surface area contributed by atoms with Crippen LogP contribution in [0.5, 0.6) is 11.5 Å². The third-order valence-corrected chi connectivity index (χ3v) is 3.07. The second kappa shape index (κ2) is 6.96. The molecule has 0 fully saturated rings. The van der Waals surface area contributed by atoms with Crippen LogP contribution in [0, 0.1) is 11.3 Å². The van der Waals surface area contributed by atoms with E-state index in [1.807, 2.05) is 19.9 Å². The van der Waals surface area contributed by atoms with Gasteiger partial charge in [0, 0.05) is 10.5 Å². The van der Waals surface area contributed by atoms with Gasteiger partial charge in [-0.05, 0) is 37.6 Å². The Balaban J connectivity index is 3.20. The van der Waals surface area contributed by atoms with E-state index in [2.05, 4.69) is 21.2 Å². The Morgan fingerprint density at radius 2 is 2.20 bits per heavy atom. The molecule has 20 heavy (non-hydrogen) atoms. The fourth-order valence-electron chi connectivity index (χ4n) is 1.48. The summed E-state index contributed by atoms with van der Waals surface area (Å²) in [5.74, 6) is -0.205. The molecule has 2 N–H and O–H groups in total. The first kappa shape index (κ1) is 16.1. The zero-order valence-corrected chi connectivity index (χ0v) is 13.0. The lowest BCUT2D eigenvalue weighted by Gasteiger charge is -2.09. The van der Waals surface area contributed by atoms with Crippen LogP contribution < -0.4 is 10.1 Å². The molecule has 6 heteroatoms. The van der Waals surface area contributed by atoms with Gasteiger partial charge in [-0.25, -0.2) is 0 Å². The van der Waals surface area contributed by atoms with Crippen LogP contribution in [-0.4, -0.2) is 24.2 Å². The second-order valence-electron chi connectivity index (χ2n) is 4.34. The first-order valence-corrected chi connectivity index (χ1v) is 6.67. The fourth-order valence-corrected chi connectivity index (χ4v) is 1.92. The summed E-state index contributed by atoms with van der Waals surface area (Å²) >= 11 is 3.27. The third kappa shape index (κ3) is 4.00. The van der Waals surface area contributed by atoms with Crippen molar-refractivity contribution in [2.75, 3.05) is 7.11 Å². The lowest BCUT2D eigenvalue weighted by Crippen LogP contribution is -2.30. The van der Waals surface area contributed by atoms with Crippen LogP contribution in [0.1, 0.15) is 19.4 Å². The topological polar surface area (TPSA) is 82.3 Å². The van der Waals surface area contributed by atoms with Crippen molar-refractivity contribution >= 4 is 27.9 Å². The molecule has 0 aliphatic rings. The van der Waals surface area contributed by atoms with Gasteiger partial charge in [0.25, 0.3) is 5.91 Å². The second-order valence-corrected chi connectivity index (χ2v) is 5.20. The highest BCUT2D eigenvalue weighted by Gasteiger charge is 2.12. The monoisotopic (exact) mass is 338 g/mol. The standard InChI is InChI=1S/C14H15BrN2O3/c1-8(2)17-14(19)10(7-16)4-9-5-13(20-3)12(18)6-11(9)15/h4-6,8,18H,1-3H3,(H,17,19)/b10-4+.